The van der Waals surface area contributed by atoms with Crippen LogP contribution in [0.2, 0.25) is 0 Å². The molecule has 0 aliphatic heterocycles. The Morgan fingerprint density at radius 3 is 2.78 bits per heavy atom. The molecule has 1 aromatic carbocycles. The van der Waals surface area contributed by atoms with Gasteiger partial charge in [-0.1, -0.05) is 12.1 Å². The second kappa shape index (κ2) is 7.56. The highest BCUT2D eigenvalue weighted by molar-refractivity contribution is 7.12. The zero-order chi connectivity index (χ0) is 16.8. The third-order valence-corrected chi connectivity index (χ3v) is 4.11. The van der Waals surface area contributed by atoms with Crippen LogP contribution in [-0.2, 0) is 4.79 Å². The molecule has 118 valence electrons. The second-order valence-electron chi connectivity index (χ2n) is 4.96. The minimum atomic E-state index is -0.373. The smallest absolute Gasteiger partial charge is 0.277 e. The zero-order valence-electron chi connectivity index (χ0n) is 13.2. The summed E-state index contributed by atoms with van der Waals surface area (Å²) >= 11 is 1.69. The summed E-state index contributed by atoms with van der Waals surface area (Å²) in [5.74, 6) is 0.0110. The fraction of sp³-hybridized carbons (Fsp3) is 0.235. The lowest BCUT2D eigenvalue weighted by Gasteiger charge is -2.07. The number of benzene rings is 1. The zero-order valence-corrected chi connectivity index (χ0v) is 14.0. The summed E-state index contributed by atoms with van der Waals surface area (Å²) in [6.07, 6.45) is 0. The molecule has 1 aromatic heterocycles. The number of ether oxygens (including phenoxy) is 1. The summed E-state index contributed by atoms with van der Waals surface area (Å²) in [5.41, 5.74) is 4.64. The summed E-state index contributed by atoms with van der Waals surface area (Å²) in [6, 6.07) is 10.8. The largest absolute Gasteiger partial charge is 0.482 e. The van der Waals surface area contributed by atoms with Crippen molar-refractivity contribution in [1.29, 1.82) is 5.26 Å². The molecule has 0 fully saturated rings. The number of carbonyl (C=O) groups excluding carboxylic acids is 1. The first kappa shape index (κ1) is 16.7. The number of para-hydroxylation sites is 1. The third-order valence-electron chi connectivity index (χ3n) is 3.15. The van der Waals surface area contributed by atoms with E-state index >= 15 is 0 Å². The van der Waals surface area contributed by atoms with E-state index in [0.29, 0.717) is 11.3 Å². The van der Waals surface area contributed by atoms with Gasteiger partial charge in [0.25, 0.3) is 5.91 Å². The maximum absolute atomic E-state index is 11.8. The molecule has 0 spiro atoms. The van der Waals surface area contributed by atoms with Crippen molar-refractivity contribution in [3.63, 3.8) is 0 Å². The molecule has 1 N–H and O–H groups in total. The van der Waals surface area contributed by atoms with E-state index in [1.165, 1.54) is 4.88 Å². The Labute approximate surface area is 139 Å². The van der Waals surface area contributed by atoms with E-state index in [1.54, 1.807) is 35.6 Å². The first-order valence-corrected chi connectivity index (χ1v) is 7.85. The fourth-order valence-electron chi connectivity index (χ4n) is 2.06. The highest BCUT2D eigenvalue weighted by atomic mass is 32.1. The second-order valence-corrected chi connectivity index (χ2v) is 6.42. The quantitative estimate of drug-likeness (QED) is 0.677. The molecule has 0 aliphatic rings. The Hall–Kier alpha value is -2.65. The molecule has 23 heavy (non-hydrogen) atoms. The molecule has 6 heteroatoms. The number of nitrogens with zero attached hydrogens (tertiary/aromatic N) is 2. The van der Waals surface area contributed by atoms with Crippen LogP contribution in [0, 0.1) is 25.2 Å². The Balaban J connectivity index is 1.94. The number of nitrogens with one attached hydrogen (secondary N) is 1. The molecule has 2 rings (SSSR count). The van der Waals surface area contributed by atoms with E-state index in [0.717, 1.165) is 16.2 Å². The lowest BCUT2D eigenvalue weighted by atomic mass is 10.2. The van der Waals surface area contributed by atoms with Gasteiger partial charge in [0, 0.05) is 15.3 Å². The van der Waals surface area contributed by atoms with Gasteiger partial charge in [-0.15, -0.1) is 11.3 Å². The average Bonchev–Trinajstić information content (AvgIpc) is 2.89. The Morgan fingerprint density at radius 1 is 1.39 bits per heavy atom. The van der Waals surface area contributed by atoms with Gasteiger partial charge in [0.1, 0.15) is 11.8 Å². The monoisotopic (exact) mass is 327 g/mol. The molecule has 0 unspecified atom stereocenters. The van der Waals surface area contributed by atoms with Gasteiger partial charge in [0.2, 0.25) is 0 Å². The number of nitriles is 1. The van der Waals surface area contributed by atoms with Crippen molar-refractivity contribution < 1.29 is 9.53 Å². The van der Waals surface area contributed by atoms with Crippen molar-refractivity contribution in [2.24, 2.45) is 5.10 Å². The van der Waals surface area contributed by atoms with Crippen molar-refractivity contribution in [3.8, 4) is 11.8 Å². The molecule has 5 nitrogen and oxygen atoms in total. The van der Waals surface area contributed by atoms with Crippen molar-refractivity contribution in [2.75, 3.05) is 6.61 Å². The fourth-order valence-corrected chi connectivity index (χ4v) is 3.03. The highest BCUT2D eigenvalue weighted by Crippen LogP contribution is 2.21. The van der Waals surface area contributed by atoms with Crippen LogP contribution in [0.5, 0.6) is 5.75 Å². The van der Waals surface area contributed by atoms with Crippen LogP contribution in [0.25, 0.3) is 0 Å². The summed E-state index contributed by atoms with van der Waals surface area (Å²) in [5, 5.41) is 13.1. The lowest BCUT2D eigenvalue weighted by molar-refractivity contribution is -0.123. The predicted octanol–water partition coefficient (Wildman–Crippen LogP) is 3.16. The third kappa shape index (κ3) is 4.41. The molecule has 1 amide bonds. The van der Waals surface area contributed by atoms with Gasteiger partial charge >= 0.3 is 0 Å². The molecule has 0 aliphatic carbocycles. The molecule has 0 saturated heterocycles. The van der Waals surface area contributed by atoms with E-state index in [2.05, 4.69) is 10.5 Å². The van der Waals surface area contributed by atoms with Crippen molar-refractivity contribution in [1.82, 2.24) is 5.43 Å². The minimum absolute atomic E-state index is 0.197. The maximum Gasteiger partial charge on any atom is 0.277 e. The van der Waals surface area contributed by atoms with Crippen molar-refractivity contribution >= 4 is 23.0 Å². The summed E-state index contributed by atoms with van der Waals surface area (Å²) in [4.78, 5) is 14.2. The van der Waals surface area contributed by atoms with Crippen LogP contribution in [0.15, 0.2) is 35.4 Å². The predicted molar refractivity (Wildman–Crippen MR) is 90.8 cm³/mol. The number of hydrazone groups is 1. The van der Waals surface area contributed by atoms with Gasteiger partial charge in [-0.2, -0.15) is 10.4 Å². The summed E-state index contributed by atoms with van der Waals surface area (Å²) in [7, 11) is 0. The Bertz CT molecular complexity index is 787. The summed E-state index contributed by atoms with van der Waals surface area (Å²) < 4.78 is 5.35. The molecule has 0 atom stereocenters. The van der Waals surface area contributed by atoms with E-state index in [-0.39, 0.29) is 12.5 Å². The molecule has 0 radical (unpaired) electrons. The molecular weight excluding hydrogens is 310 g/mol. The average molecular weight is 327 g/mol. The van der Waals surface area contributed by atoms with Gasteiger partial charge < -0.3 is 4.74 Å². The van der Waals surface area contributed by atoms with Crippen LogP contribution in [-0.4, -0.2) is 18.2 Å². The molecule has 1 heterocycles. The first-order valence-electron chi connectivity index (χ1n) is 7.03. The number of carbonyl (C=O) groups is 1. The topological polar surface area (TPSA) is 74.5 Å². The van der Waals surface area contributed by atoms with E-state index in [4.69, 9.17) is 10.00 Å². The molecule has 2 aromatic rings. The van der Waals surface area contributed by atoms with Gasteiger partial charge in [-0.05, 0) is 39.0 Å². The molecule has 0 saturated carbocycles. The standard InChI is InChI=1S/C17H17N3O2S/c1-11-8-15(13(3)23-11)12(2)19-20-17(21)10-22-16-7-5-4-6-14(16)9-18/h4-8H,10H2,1-3H3,(H,20,21)/b19-12-. The van der Waals surface area contributed by atoms with Crippen LogP contribution >= 0.6 is 11.3 Å². The van der Waals surface area contributed by atoms with E-state index < -0.39 is 0 Å². The molecule has 0 bridgehead atoms. The highest BCUT2D eigenvalue weighted by Gasteiger charge is 2.08. The van der Waals surface area contributed by atoms with Gasteiger partial charge in [0.15, 0.2) is 6.61 Å². The first-order chi connectivity index (χ1) is 11.0. The van der Waals surface area contributed by atoms with Crippen molar-refractivity contribution in [3.05, 3.63) is 51.2 Å². The number of hydrogen-bond acceptors (Lipinski definition) is 5. The van der Waals surface area contributed by atoms with Crippen molar-refractivity contribution in [2.45, 2.75) is 20.8 Å². The lowest BCUT2D eigenvalue weighted by Crippen LogP contribution is -2.25. The van der Waals surface area contributed by atoms with Crippen LogP contribution in [0.3, 0.4) is 0 Å². The molecular formula is C17H17N3O2S. The number of amides is 1. The Kier molecular flexibility index (Phi) is 5.50. The SMILES string of the molecule is C/C(=N/NC(=O)COc1ccccc1C#N)c1cc(C)sc1C. The van der Waals surface area contributed by atoms with E-state index in [9.17, 15) is 4.79 Å². The van der Waals surface area contributed by atoms with Gasteiger partial charge in [-0.3, -0.25) is 4.79 Å². The maximum atomic E-state index is 11.8. The minimum Gasteiger partial charge on any atom is -0.482 e. The number of rotatable bonds is 5. The number of aryl methyl sites for hydroxylation is 2. The van der Waals surface area contributed by atoms with Crippen LogP contribution in [0.4, 0.5) is 0 Å². The van der Waals surface area contributed by atoms with Gasteiger partial charge in [0.05, 0.1) is 11.3 Å². The van der Waals surface area contributed by atoms with Crippen LogP contribution in [0.1, 0.15) is 27.8 Å². The normalized spacial score (nSPS) is 11.0. The number of hydrogen-bond donors (Lipinski definition) is 1. The summed E-state index contributed by atoms with van der Waals surface area (Å²) in [6.45, 7) is 5.71. The Morgan fingerprint density at radius 2 is 2.13 bits per heavy atom. The van der Waals surface area contributed by atoms with Gasteiger partial charge in [-0.25, -0.2) is 5.43 Å². The number of thiophene rings is 1. The van der Waals surface area contributed by atoms with E-state index in [1.807, 2.05) is 32.9 Å². The van der Waals surface area contributed by atoms with Crippen LogP contribution < -0.4 is 10.2 Å².